The average molecular weight is 240 g/mol. The molecule has 17 heavy (non-hydrogen) atoms. The van der Waals surface area contributed by atoms with Crippen molar-refractivity contribution in [2.45, 2.75) is 25.6 Å². The van der Waals surface area contributed by atoms with Crippen molar-refractivity contribution in [1.29, 1.82) is 0 Å². The van der Waals surface area contributed by atoms with Crippen LogP contribution in [-0.4, -0.2) is 33.9 Å². The van der Waals surface area contributed by atoms with Gasteiger partial charge in [-0.25, -0.2) is 4.98 Å². The van der Waals surface area contributed by atoms with Gasteiger partial charge in [-0.15, -0.1) is 0 Å². The molecule has 6 heteroatoms. The van der Waals surface area contributed by atoms with Crippen molar-refractivity contribution in [3.8, 4) is 0 Å². The highest BCUT2D eigenvalue weighted by Gasteiger charge is 2.22. The van der Waals surface area contributed by atoms with Crippen LogP contribution in [0.5, 0.6) is 0 Å². The first kappa shape index (κ1) is 13.4. The number of aromatic nitrogens is 1. The minimum atomic E-state index is -1.22. The van der Waals surface area contributed by atoms with Gasteiger partial charge in [0.25, 0.3) is 0 Å². The Bertz CT molecular complexity index is 366. The van der Waals surface area contributed by atoms with Crippen molar-refractivity contribution in [2.24, 2.45) is 0 Å². The molecular weight excluding hydrogens is 224 g/mol. The van der Waals surface area contributed by atoms with Crippen LogP contribution in [0.4, 0.5) is 5.82 Å². The summed E-state index contributed by atoms with van der Waals surface area (Å²) >= 11 is 0. The Morgan fingerprint density at radius 1 is 1.53 bits per heavy atom. The molecule has 2 atom stereocenters. The van der Waals surface area contributed by atoms with Crippen LogP contribution >= 0.6 is 0 Å². The van der Waals surface area contributed by atoms with Gasteiger partial charge >= 0.3 is 5.97 Å². The second-order valence-corrected chi connectivity index (χ2v) is 3.54. The quantitative estimate of drug-likeness (QED) is 0.626. The highest BCUT2D eigenvalue weighted by Crippen LogP contribution is 2.19. The van der Waals surface area contributed by atoms with Crippen LogP contribution < -0.4 is 5.73 Å². The first-order valence-electron chi connectivity index (χ1n) is 5.27. The van der Waals surface area contributed by atoms with Crippen molar-refractivity contribution in [1.82, 2.24) is 4.98 Å². The van der Waals surface area contributed by atoms with Gasteiger partial charge in [-0.3, -0.25) is 4.79 Å². The lowest BCUT2D eigenvalue weighted by molar-refractivity contribution is -0.147. The van der Waals surface area contributed by atoms with Crippen molar-refractivity contribution in [2.75, 3.05) is 12.3 Å². The molecule has 0 saturated carbocycles. The van der Waals surface area contributed by atoms with Gasteiger partial charge in [0.2, 0.25) is 0 Å². The minimum Gasteiger partial charge on any atom is -0.466 e. The van der Waals surface area contributed by atoms with E-state index in [2.05, 4.69) is 9.72 Å². The Hall–Kier alpha value is -1.66. The number of hydrogen-bond acceptors (Lipinski definition) is 6. The number of anilines is 1. The molecule has 0 radical (unpaired) electrons. The average Bonchev–Trinajstić information content (AvgIpc) is 2.29. The minimum absolute atomic E-state index is 0.241. The standard InChI is InChI=1S/C11H16N2O4/c1-2-17-10(15)5-8(14)11(16)7-3-4-9(12)13-6-7/h3-4,6,8,11,14,16H,2,5H2,1H3,(H2,12,13). The van der Waals surface area contributed by atoms with E-state index in [1.807, 2.05) is 0 Å². The van der Waals surface area contributed by atoms with Gasteiger partial charge in [0, 0.05) is 11.8 Å². The molecule has 0 saturated heterocycles. The Labute approximate surface area is 99.0 Å². The van der Waals surface area contributed by atoms with Crippen LogP contribution in [0.1, 0.15) is 25.0 Å². The molecule has 0 amide bonds. The number of ether oxygens (including phenoxy) is 1. The number of carbonyl (C=O) groups excluding carboxylic acids is 1. The first-order valence-corrected chi connectivity index (χ1v) is 5.27. The van der Waals surface area contributed by atoms with Crippen LogP contribution in [0.25, 0.3) is 0 Å². The van der Waals surface area contributed by atoms with Crippen molar-refractivity contribution < 1.29 is 19.7 Å². The molecule has 0 aliphatic rings. The SMILES string of the molecule is CCOC(=O)CC(O)C(O)c1ccc(N)nc1. The number of pyridine rings is 1. The molecule has 0 bridgehead atoms. The van der Waals surface area contributed by atoms with Crippen LogP contribution in [0, 0.1) is 0 Å². The number of aliphatic hydroxyl groups excluding tert-OH is 2. The van der Waals surface area contributed by atoms with Gasteiger partial charge in [-0.1, -0.05) is 6.07 Å². The van der Waals surface area contributed by atoms with E-state index in [0.717, 1.165) is 0 Å². The number of nitrogen functional groups attached to an aromatic ring is 1. The van der Waals surface area contributed by atoms with Gasteiger partial charge in [-0.2, -0.15) is 0 Å². The lowest BCUT2D eigenvalue weighted by Gasteiger charge is -2.17. The zero-order chi connectivity index (χ0) is 12.8. The van der Waals surface area contributed by atoms with E-state index < -0.39 is 18.2 Å². The molecular formula is C11H16N2O4. The maximum absolute atomic E-state index is 11.1. The van der Waals surface area contributed by atoms with Gasteiger partial charge in [0.1, 0.15) is 11.9 Å². The zero-order valence-electron chi connectivity index (χ0n) is 9.54. The number of nitrogens with two attached hydrogens (primary N) is 1. The summed E-state index contributed by atoms with van der Waals surface area (Å²) in [5.74, 6) is -0.233. The van der Waals surface area contributed by atoms with E-state index in [1.54, 1.807) is 13.0 Å². The van der Waals surface area contributed by atoms with Gasteiger partial charge in [0.05, 0.1) is 19.1 Å². The summed E-state index contributed by atoms with van der Waals surface area (Å²) in [5, 5.41) is 19.4. The molecule has 1 aromatic heterocycles. The number of hydrogen-bond donors (Lipinski definition) is 3. The first-order chi connectivity index (χ1) is 8.04. The highest BCUT2D eigenvalue weighted by molar-refractivity contribution is 5.70. The summed E-state index contributed by atoms with van der Waals surface area (Å²) < 4.78 is 4.67. The molecule has 1 aromatic rings. The third-order valence-corrected chi connectivity index (χ3v) is 2.20. The van der Waals surface area contributed by atoms with E-state index in [1.165, 1.54) is 12.3 Å². The summed E-state index contributed by atoms with van der Waals surface area (Å²) in [5.41, 5.74) is 5.79. The summed E-state index contributed by atoms with van der Waals surface area (Å²) in [4.78, 5) is 14.9. The fraction of sp³-hybridized carbons (Fsp3) is 0.455. The van der Waals surface area contributed by atoms with Crippen molar-refractivity contribution >= 4 is 11.8 Å². The lowest BCUT2D eigenvalue weighted by Crippen LogP contribution is -2.23. The highest BCUT2D eigenvalue weighted by atomic mass is 16.5. The van der Waals surface area contributed by atoms with E-state index in [-0.39, 0.29) is 13.0 Å². The molecule has 6 nitrogen and oxygen atoms in total. The Balaban J connectivity index is 2.60. The third-order valence-electron chi connectivity index (χ3n) is 2.20. The molecule has 1 heterocycles. The van der Waals surface area contributed by atoms with Gasteiger partial charge < -0.3 is 20.7 Å². The van der Waals surface area contributed by atoms with Gasteiger partial charge in [0.15, 0.2) is 0 Å². The van der Waals surface area contributed by atoms with E-state index in [0.29, 0.717) is 11.4 Å². The molecule has 1 rings (SSSR count). The summed E-state index contributed by atoms with van der Waals surface area (Å²) in [7, 11) is 0. The predicted molar refractivity (Wildman–Crippen MR) is 60.9 cm³/mol. The molecule has 4 N–H and O–H groups in total. The lowest BCUT2D eigenvalue weighted by atomic mass is 10.0. The number of aliphatic hydroxyl groups is 2. The van der Waals surface area contributed by atoms with E-state index >= 15 is 0 Å². The number of rotatable bonds is 5. The van der Waals surface area contributed by atoms with Crippen LogP contribution in [-0.2, 0) is 9.53 Å². The predicted octanol–water partition coefficient (Wildman–Crippen LogP) is 0.0113. The fourth-order valence-corrected chi connectivity index (χ4v) is 1.32. The number of esters is 1. The smallest absolute Gasteiger partial charge is 0.308 e. The van der Waals surface area contributed by atoms with Crippen LogP contribution in [0.3, 0.4) is 0 Å². The maximum atomic E-state index is 11.1. The Morgan fingerprint density at radius 2 is 2.24 bits per heavy atom. The van der Waals surface area contributed by atoms with Gasteiger partial charge in [-0.05, 0) is 13.0 Å². The molecule has 94 valence electrons. The zero-order valence-corrected chi connectivity index (χ0v) is 9.54. The van der Waals surface area contributed by atoms with E-state index in [9.17, 15) is 15.0 Å². The van der Waals surface area contributed by atoms with Crippen LogP contribution in [0.2, 0.25) is 0 Å². The van der Waals surface area contributed by atoms with Crippen LogP contribution in [0.15, 0.2) is 18.3 Å². The number of nitrogens with zero attached hydrogens (tertiary/aromatic N) is 1. The molecule has 0 spiro atoms. The fourth-order valence-electron chi connectivity index (χ4n) is 1.32. The second kappa shape index (κ2) is 6.17. The molecule has 0 aromatic carbocycles. The maximum Gasteiger partial charge on any atom is 0.308 e. The monoisotopic (exact) mass is 240 g/mol. The molecule has 0 aliphatic carbocycles. The Kier molecular flexibility index (Phi) is 4.86. The Morgan fingerprint density at radius 3 is 2.76 bits per heavy atom. The number of carbonyl (C=O) groups is 1. The van der Waals surface area contributed by atoms with Crippen molar-refractivity contribution in [3.63, 3.8) is 0 Å². The van der Waals surface area contributed by atoms with E-state index in [4.69, 9.17) is 5.73 Å². The molecule has 0 fully saturated rings. The van der Waals surface area contributed by atoms with Crippen molar-refractivity contribution in [3.05, 3.63) is 23.9 Å². The summed E-state index contributed by atoms with van der Waals surface area (Å²) in [6.07, 6.45) is -1.32. The molecule has 2 unspecified atom stereocenters. The summed E-state index contributed by atoms with van der Waals surface area (Å²) in [6, 6.07) is 3.05. The largest absolute Gasteiger partial charge is 0.466 e. The second-order valence-electron chi connectivity index (χ2n) is 3.54. The normalized spacial score (nSPS) is 14.1. The summed E-state index contributed by atoms with van der Waals surface area (Å²) in [6.45, 7) is 1.91. The topological polar surface area (TPSA) is 106 Å². The molecule has 0 aliphatic heterocycles. The third kappa shape index (κ3) is 4.01.